The molecule has 0 fully saturated rings. The Morgan fingerprint density at radius 1 is 1.53 bits per heavy atom. The minimum atomic E-state index is 0.535. The molecule has 0 unspecified atom stereocenters. The summed E-state index contributed by atoms with van der Waals surface area (Å²) in [5, 5.41) is 16.2. The van der Waals surface area contributed by atoms with Gasteiger partial charge in [0.2, 0.25) is 0 Å². The van der Waals surface area contributed by atoms with Crippen LogP contribution in [-0.2, 0) is 13.6 Å². The van der Waals surface area contributed by atoms with Gasteiger partial charge in [0.25, 0.3) is 0 Å². The van der Waals surface area contributed by atoms with E-state index in [2.05, 4.69) is 37.4 Å². The van der Waals surface area contributed by atoms with Crippen molar-refractivity contribution in [3.05, 3.63) is 40.4 Å². The van der Waals surface area contributed by atoms with Crippen LogP contribution in [0.25, 0.3) is 0 Å². The lowest BCUT2D eigenvalue weighted by molar-refractivity contribution is 0.712. The van der Waals surface area contributed by atoms with E-state index in [4.69, 9.17) is 5.26 Å². The number of hydrogen-bond acceptors (Lipinski definition) is 4. The Hall–Kier alpha value is -1.87. The first kappa shape index (κ1) is 11.6. The van der Waals surface area contributed by atoms with Gasteiger partial charge in [-0.1, -0.05) is 15.9 Å². The molecule has 1 aromatic heterocycles. The maximum absolute atomic E-state index is 9.01. The van der Waals surface area contributed by atoms with E-state index < -0.39 is 0 Å². The second-order valence-corrected chi connectivity index (χ2v) is 4.37. The summed E-state index contributed by atoms with van der Waals surface area (Å²) < 4.78 is 2.58. The van der Waals surface area contributed by atoms with Crippen molar-refractivity contribution in [2.75, 3.05) is 5.32 Å². The lowest BCUT2D eigenvalue weighted by atomic mass is 10.2. The van der Waals surface area contributed by atoms with E-state index >= 15 is 0 Å². The maximum atomic E-state index is 9.01. The van der Waals surface area contributed by atoms with Crippen molar-refractivity contribution >= 4 is 21.6 Å². The smallest absolute Gasteiger partial charge is 0.145 e. The fourth-order valence-electron chi connectivity index (χ4n) is 1.42. The third-order valence-electron chi connectivity index (χ3n) is 2.34. The van der Waals surface area contributed by atoms with Gasteiger partial charge in [-0.05, 0) is 18.2 Å². The first-order chi connectivity index (χ1) is 8.20. The van der Waals surface area contributed by atoms with Gasteiger partial charge in [0, 0.05) is 11.5 Å². The summed E-state index contributed by atoms with van der Waals surface area (Å²) in [5.41, 5.74) is 1.39. The van der Waals surface area contributed by atoms with Crippen molar-refractivity contribution in [3.8, 4) is 6.07 Å². The molecule has 0 spiro atoms. The molecule has 0 amide bonds. The first-order valence-corrected chi connectivity index (χ1v) is 5.76. The number of aryl methyl sites for hydroxylation is 1. The molecule has 17 heavy (non-hydrogen) atoms. The molecule has 0 aliphatic rings. The second-order valence-electron chi connectivity index (χ2n) is 3.46. The van der Waals surface area contributed by atoms with Crippen LogP contribution in [0, 0.1) is 11.3 Å². The molecule has 2 aromatic rings. The SMILES string of the molecule is Cn1ncnc1CNc1ccc(Br)cc1C#N. The number of rotatable bonds is 3. The quantitative estimate of drug-likeness (QED) is 0.940. The zero-order chi connectivity index (χ0) is 12.3. The van der Waals surface area contributed by atoms with E-state index in [1.807, 2.05) is 19.2 Å². The van der Waals surface area contributed by atoms with Crippen LogP contribution >= 0.6 is 15.9 Å². The topological polar surface area (TPSA) is 66.5 Å². The van der Waals surface area contributed by atoms with Gasteiger partial charge in [-0.2, -0.15) is 10.4 Å². The lowest BCUT2D eigenvalue weighted by Crippen LogP contribution is -2.07. The van der Waals surface area contributed by atoms with Gasteiger partial charge in [0.1, 0.15) is 18.2 Å². The number of anilines is 1. The Morgan fingerprint density at radius 2 is 2.35 bits per heavy atom. The molecule has 0 aliphatic heterocycles. The maximum Gasteiger partial charge on any atom is 0.145 e. The van der Waals surface area contributed by atoms with Crippen LogP contribution in [0.1, 0.15) is 11.4 Å². The van der Waals surface area contributed by atoms with Crippen LogP contribution in [0.15, 0.2) is 29.0 Å². The van der Waals surface area contributed by atoms with E-state index in [0.29, 0.717) is 12.1 Å². The molecule has 1 aromatic carbocycles. The van der Waals surface area contributed by atoms with E-state index in [0.717, 1.165) is 16.0 Å². The lowest BCUT2D eigenvalue weighted by Gasteiger charge is -2.07. The van der Waals surface area contributed by atoms with Crippen molar-refractivity contribution in [3.63, 3.8) is 0 Å². The molecule has 6 heteroatoms. The van der Waals surface area contributed by atoms with Gasteiger partial charge in [-0.25, -0.2) is 4.98 Å². The molecule has 0 atom stereocenters. The Balaban J connectivity index is 2.15. The molecule has 0 bridgehead atoms. The summed E-state index contributed by atoms with van der Waals surface area (Å²) in [4.78, 5) is 4.10. The average Bonchev–Trinajstić information content (AvgIpc) is 2.73. The number of nitriles is 1. The highest BCUT2D eigenvalue weighted by Gasteiger charge is 2.04. The standard InChI is InChI=1S/C11H10BrN5/c1-17-11(15-7-16-17)6-14-10-3-2-9(12)4-8(10)5-13/h2-4,7,14H,6H2,1H3. The van der Waals surface area contributed by atoms with Gasteiger partial charge < -0.3 is 5.32 Å². The van der Waals surface area contributed by atoms with Gasteiger partial charge >= 0.3 is 0 Å². The molecule has 0 saturated carbocycles. The van der Waals surface area contributed by atoms with Crippen LogP contribution in [0.2, 0.25) is 0 Å². The summed E-state index contributed by atoms with van der Waals surface area (Å²) in [5.74, 6) is 0.816. The van der Waals surface area contributed by atoms with Gasteiger partial charge in [0.05, 0.1) is 17.8 Å². The summed E-state index contributed by atoms with van der Waals surface area (Å²) in [7, 11) is 1.83. The number of nitrogens with one attached hydrogen (secondary N) is 1. The zero-order valence-corrected chi connectivity index (χ0v) is 10.8. The Labute approximate surface area is 107 Å². The van der Waals surface area contributed by atoms with E-state index in [9.17, 15) is 0 Å². The highest BCUT2D eigenvalue weighted by molar-refractivity contribution is 9.10. The fourth-order valence-corrected chi connectivity index (χ4v) is 1.78. The van der Waals surface area contributed by atoms with Gasteiger partial charge in [-0.3, -0.25) is 4.68 Å². The van der Waals surface area contributed by atoms with E-state index in [-0.39, 0.29) is 0 Å². The van der Waals surface area contributed by atoms with Crippen molar-refractivity contribution < 1.29 is 0 Å². The first-order valence-electron chi connectivity index (χ1n) is 4.97. The molecule has 0 aliphatic carbocycles. The fraction of sp³-hybridized carbons (Fsp3) is 0.182. The number of benzene rings is 1. The van der Waals surface area contributed by atoms with Crippen molar-refractivity contribution in [1.29, 1.82) is 5.26 Å². The molecular formula is C11H10BrN5. The van der Waals surface area contributed by atoms with Crippen molar-refractivity contribution in [1.82, 2.24) is 14.8 Å². The van der Waals surface area contributed by atoms with Crippen LogP contribution in [-0.4, -0.2) is 14.8 Å². The van der Waals surface area contributed by atoms with Crippen molar-refractivity contribution in [2.45, 2.75) is 6.54 Å². The molecule has 86 valence electrons. The van der Waals surface area contributed by atoms with Crippen molar-refractivity contribution in [2.24, 2.45) is 7.05 Å². The molecule has 5 nitrogen and oxygen atoms in total. The summed E-state index contributed by atoms with van der Waals surface area (Å²) in [6.07, 6.45) is 1.50. The third-order valence-corrected chi connectivity index (χ3v) is 2.84. The molecule has 1 heterocycles. The molecular weight excluding hydrogens is 282 g/mol. The minimum Gasteiger partial charge on any atom is -0.377 e. The normalized spacial score (nSPS) is 9.94. The highest BCUT2D eigenvalue weighted by Crippen LogP contribution is 2.20. The summed E-state index contributed by atoms with van der Waals surface area (Å²) in [6, 6.07) is 7.67. The highest BCUT2D eigenvalue weighted by atomic mass is 79.9. The zero-order valence-electron chi connectivity index (χ0n) is 9.18. The predicted molar refractivity (Wildman–Crippen MR) is 67.2 cm³/mol. The number of halogens is 1. The molecule has 1 N–H and O–H groups in total. The predicted octanol–water partition coefficient (Wildman–Crippen LogP) is 2.06. The molecule has 0 radical (unpaired) electrons. The number of aromatic nitrogens is 3. The average molecular weight is 292 g/mol. The van der Waals surface area contributed by atoms with E-state index in [1.165, 1.54) is 6.33 Å². The third kappa shape index (κ3) is 2.63. The number of nitrogens with zero attached hydrogens (tertiary/aromatic N) is 4. The Bertz CT molecular complexity index is 569. The second kappa shape index (κ2) is 4.97. The van der Waals surface area contributed by atoms with Gasteiger partial charge in [-0.15, -0.1) is 0 Å². The Morgan fingerprint density at radius 3 is 3.00 bits per heavy atom. The minimum absolute atomic E-state index is 0.535. The summed E-state index contributed by atoms with van der Waals surface area (Å²) in [6.45, 7) is 0.535. The van der Waals surface area contributed by atoms with Crippen LogP contribution in [0.3, 0.4) is 0 Å². The number of hydrogen-bond donors (Lipinski definition) is 1. The summed E-state index contributed by atoms with van der Waals surface area (Å²) >= 11 is 3.33. The Kier molecular flexibility index (Phi) is 3.40. The van der Waals surface area contributed by atoms with E-state index in [1.54, 1.807) is 10.7 Å². The molecule has 2 rings (SSSR count). The molecule has 0 saturated heterocycles. The van der Waals surface area contributed by atoms with Crippen LogP contribution in [0.5, 0.6) is 0 Å². The van der Waals surface area contributed by atoms with Gasteiger partial charge in [0.15, 0.2) is 0 Å². The largest absolute Gasteiger partial charge is 0.377 e. The van der Waals surface area contributed by atoms with Crippen LogP contribution < -0.4 is 5.32 Å². The van der Waals surface area contributed by atoms with Crippen LogP contribution in [0.4, 0.5) is 5.69 Å². The monoisotopic (exact) mass is 291 g/mol.